The van der Waals surface area contributed by atoms with E-state index in [1.807, 2.05) is 0 Å². The molecular formula is C18H21N5O. The van der Waals surface area contributed by atoms with E-state index in [0.29, 0.717) is 24.2 Å². The molecule has 0 radical (unpaired) electrons. The van der Waals surface area contributed by atoms with Crippen molar-refractivity contribution in [3.63, 3.8) is 0 Å². The minimum atomic E-state index is 0.106. The van der Waals surface area contributed by atoms with E-state index in [4.69, 9.17) is 4.52 Å². The van der Waals surface area contributed by atoms with Crippen LogP contribution in [0.5, 0.6) is 0 Å². The summed E-state index contributed by atoms with van der Waals surface area (Å²) < 4.78 is 4.97. The van der Waals surface area contributed by atoms with Gasteiger partial charge in [-0.25, -0.2) is 0 Å². The van der Waals surface area contributed by atoms with E-state index in [2.05, 4.69) is 75.2 Å². The van der Waals surface area contributed by atoms with Gasteiger partial charge in [-0.1, -0.05) is 47.6 Å². The molecule has 3 aromatic rings. The van der Waals surface area contributed by atoms with Gasteiger partial charge >= 0.3 is 0 Å². The topological polar surface area (TPSA) is 75.3 Å². The zero-order valence-corrected chi connectivity index (χ0v) is 14.1. The van der Waals surface area contributed by atoms with Crippen LogP contribution in [0.25, 0.3) is 10.8 Å². The summed E-state index contributed by atoms with van der Waals surface area (Å²) in [6.45, 7) is 4.35. The van der Waals surface area contributed by atoms with Gasteiger partial charge in [0.2, 0.25) is 5.89 Å². The molecule has 0 aliphatic rings. The predicted octanol–water partition coefficient (Wildman–Crippen LogP) is 2.96. The molecule has 0 bridgehead atoms. The van der Waals surface area contributed by atoms with Crippen LogP contribution in [0.3, 0.4) is 0 Å². The number of benzene rings is 2. The Morgan fingerprint density at radius 1 is 1.21 bits per heavy atom. The van der Waals surface area contributed by atoms with Gasteiger partial charge in [0.1, 0.15) is 0 Å². The van der Waals surface area contributed by atoms with Crippen molar-refractivity contribution in [1.82, 2.24) is 20.8 Å². The lowest BCUT2D eigenvalue weighted by Gasteiger charge is -2.19. The summed E-state index contributed by atoms with van der Waals surface area (Å²) in [5.74, 6) is 1.85. The lowest BCUT2D eigenvalue weighted by molar-refractivity contribution is 0.386. The van der Waals surface area contributed by atoms with Gasteiger partial charge in [-0.05, 0) is 23.3 Å². The highest BCUT2D eigenvalue weighted by Gasteiger charge is 2.11. The number of fused-ring (bicyclic) bond motifs is 1. The summed E-state index contributed by atoms with van der Waals surface area (Å²) >= 11 is 0. The van der Waals surface area contributed by atoms with Gasteiger partial charge in [0.15, 0.2) is 11.8 Å². The molecule has 1 heterocycles. The second kappa shape index (κ2) is 7.12. The van der Waals surface area contributed by atoms with Gasteiger partial charge < -0.3 is 15.2 Å². The summed E-state index contributed by atoms with van der Waals surface area (Å²) in [7, 11) is 1.74. The number of hydrogen-bond donors (Lipinski definition) is 2. The van der Waals surface area contributed by atoms with E-state index in [-0.39, 0.29) is 6.04 Å². The quantitative estimate of drug-likeness (QED) is 0.570. The van der Waals surface area contributed by atoms with Crippen LogP contribution < -0.4 is 10.6 Å². The summed E-state index contributed by atoms with van der Waals surface area (Å²) in [4.78, 5) is 8.44. The zero-order valence-electron chi connectivity index (χ0n) is 14.1. The molecule has 0 saturated carbocycles. The Morgan fingerprint density at radius 2 is 2.00 bits per heavy atom. The second-order valence-electron chi connectivity index (χ2n) is 5.59. The maximum atomic E-state index is 4.97. The van der Waals surface area contributed by atoms with Crippen LogP contribution in [0.4, 0.5) is 0 Å². The molecule has 1 aromatic heterocycles. The molecule has 3 rings (SSSR count). The molecule has 2 aromatic carbocycles. The average Bonchev–Trinajstić information content (AvgIpc) is 3.03. The third kappa shape index (κ3) is 3.53. The monoisotopic (exact) mass is 323 g/mol. The number of aliphatic imine (C=N–C) groups is 1. The number of nitrogens with one attached hydrogen (secondary N) is 2. The number of guanidine groups is 1. The fourth-order valence-electron chi connectivity index (χ4n) is 2.68. The third-order valence-electron chi connectivity index (χ3n) is 3.85. The maximum absolute atomic E-state index is 4.97. The van der Waals surface area contributed by atoms with Crippen LogP contribution >= 0.6 is 0 Å². The summed E-state index contributed by atoms with van der Waals surface area (Å²) in [5, 5.41) is 12.9. The Labute approximate surface area is 141 Å². The SMILES string of the molecule is CN=C(NCc1noc(C)n1)NC(C)c1cccc2ccccc12. The zero-order chi connectivity index (χ0) is 16.9. The molecule has 0 fully saturated rings. The Kier molecular flexibility index (Phi) is 4.74. The Morgan fingerprint density at radius 3 is 2.75 bits per heavy atom. The van der Waals surface area contributed by atoms with E-state index in [0.717, 1.165) is 0 Å². The first-order chi connectivity index (χ1) is 11.7. The predicted molar refractivity (Wildman–Crippen MR) is 94.7 cm³/mol. The first-order valence-corrected chi connectivity index (χ1v) is 7.91. The van der Waals surface area contributed by atoms with Crippen LogP contribution in [0.1, 0.15) is 30.2 Å². The van der Waals surface area contributed by atoms with Crippen molar-refractivity contribution in [3.8, 4) is 0 Å². The van der Waals surface area contributed by atoms with Crippen LogP contribution in [-0.2, 0) is 6.54 Å². The normalized spacial score (nSPS) is 13.0. The van der Waals surface area contributed by atoms with E-state index >= 15 is 0 Å². The van der Waals surface area contributed by atoms with Gasteiger partial charge in [0.05, 0.1) is 12.6 Å². The highest BCUT2D eigenvalue weighted by Crippen LogP contribution is 2.23. The van der Waals surface area contributed by atoms with Gasteiger partial charge in [-0.15, -0.1) is 0 Å². The average molecular weight is 323 g/mol. The fraction of sp³-hybridized carbons (Fsp3) is 0.278. The summed E-state index contributed by atoms with van der Waals surface area (Å²) in [5.41, 5.74) is 1.23. The first kappa shape index (κ1) is 16.0. The lowest BCUT2D eigenvalue weighted by atomic mass is 10.00. The van der Waals surface area contributed by atoms with Gasteiger partial charge in [-0.2, -0.15) is 4.98 Å². The van der Waals surface area contributed by atoms with Crippen LogP contribution in [-0.4, -0.2) is 23.1 Å². The van der Waals surface area contributed by atoms with Crippen molar-refractivity contribution in [3.05, 3.63) is 59.7 Å². The molecule has 24 heavy (non-hydrogen) atoms. The van der Waals surface area contributed by atoms with Crippen molar-refractivity contribution >= 4 is 16.7 Å². The summed E-state index contributed by atoms with van der Waals surface area (Å²) in [6, 6.07) is 14.8. The molecule has 0 spiro atoms. The van der Waals surface area contributed by atoms with Crippen LogP contribution in [0.15, 0.2) is 52.0 Å². The summed E-state index contributed by atoms with van der Waals surface area (Å²) in [6.07, 6.45) is 0. The van der Waals surface area contributed by atoms with Crippen LogP contribution in [0, 0.1) is 6.92 Å². The Balaban J connectivity index is 1.71. The number of aromatic nitrogens is 2. The first-order valence-electron chi connectivity index (χ1n) is 7.91. The Bertz CT molecular complexity index is 850. The Hall–Kier alpha value is -2.89. The molecule has 2 N–H and O–H groups in total. The second-order valence-corrected chi connectivity index (χ2v) is 5.59. The minimum Gasteiger partial charge on any atom is -0.350 e. The number of rotatable bonds is 4. The molecular weight excluding hydrogens is 302 g/mol. The molecule has 1 atom stereocenters. The van der Waals surface area contributed by atoms with Gasteiger partial charge in [-0.3, -0.25) is 4.99 Å². The van der Waals surface area contributed by atoms with E-state index in [9.17, 15) is 0 Å². The number of nitrogens with zero attached hydrogens (tertiary/aromatic N) is 3. The fourth-order valence-corrected chi connectivity index (χ4v) is 2.68. The molecule has 6 nitrogen and oxygen atoms in total. The highest BCUT2D eigenvalue weighted by atomic mass is 16.5. The largest absolute Gasteiger partial charge is 0.350 e. The van der Waals surface area contributed by atoms with Gasteiger partial charge in [0.25, 0.3) is 0 Å². The molecule has 0 saturated heterocycles. The smallest absolute Gasteiger partial charge is 0.223 e. The molecule has 0 aliphatic heterocycles. The molecule has 1 unspecified atom stereocenters. The van der Waals surface area contributed by atoms with Crippen molar-refractivity contribution in [2.24, 2.45) is 4.99 Å². The van der Waals surface area contributed by atoms with Crippen LogP contribution in [0.2, 0.25) is 0 Å². The maximum Gasteiger partial charge on any atom is 0.223 e. The highest BCUT2D eigenvalue weighted by molar-refractivity contribution is 5.87. The number of hydrogen-bond acceptors (Lipinski definition) is 4. The van der Waals surface area contributed by atoms with E-state index in [1.54, 1.807) is 14.0 Å². The number of aryl methyl sites for hydroxylation is 1. The van der Waals surface area contributed by atoms with Gasteiger partial charge in [0, 0.05) is 14.0 Å². The molecule has 0 amide bonds. The van der Waals surface area contributed by atoms with E-state index in [1.165, 1.54) is 16.3 Å². The van der Waals surface area contributed by atoms with Crippen molar-refractivity contribution < 1.29 is 4.52 Å². The van der Waals surface area contributed by atoms with Crippen molar-refractivity contribution in [1.29, 1.82) is 0 Å². The standard InChI is InChI=1S/C18H21N5O/c1-12(15-10-6-8-14-7-4-5-9-16(14)15)21-18(19-3)20-11-17-22-13(2)24-23-17/h4-10,12H,11H2,1-3H3,(H2,19,20,21). The van der Waals surface area contributed by atoms with Crippen molar-refractivity contribution in [2.75, 3.05) is 7.05 Å². The molecule has 0 aliphatic carbocycles. The lowest BCUT2D eigenvalue weighted by Crippen LogP contribution is -2.38. The molecule has 124 valence electrons. The van der Waals surface area contributed by atoms with Crippen molar-refractivity contribution in [2.45, 2.75) is 26.4 Å². The minimum absolute atomic E-state index is 0.106. The third-order valence-corrected chi connectivity index (χ3v) is 3.85. The molecule has 6 heteroatoms. The van der Waals surface area contributed by atoms with E-state index < -0.39 is 0 Å².